The molecule has 0 amide bonds. The van der Waals surface area contributed by atoms with Crippen LogP contribution in [0.25, 0.3) is 16.2 Å². The van der Waals surface area contributed by atoms with E-state index in [1.165, 1.54) is 0 Å². The molecule has 0 unspecified atom stereocenters. The van der Waals surface area contributed by atoms with Gasteiger partial charge in [0.2, 0.25) is 0 Å². The van der Waals surface area contributed by atoms with Crippen molar-refractivity contribution in [1.82, 2.24) is 14.4 Å². The summed E-state index contributed by atoms with van der Waals surface area (Å²) in [5.41, 5.74) is 5.10. The number of aryl methyl sites for hydroxylation is 1. The first-order valence-electron chi connectivity index (χ1n) is 5.12. The van der Waals surface area contributed by atoms with Crippen molar-refractivity contribution < 1.29 is 4.79 Å². The monoisotopic (exact) mass is 243 g/mol. The number of imidazole rings is 1. The number of hydrogen-bond donors (Lipinski definition) is 0. The normalized spacial score (nSPS) is 10.9. The summed E-state index contributed by atoms with van der Waals surface area (Å²) in [6.07, 6.45) is 4.61. The smallest absolute Gasteiger partial charge is 0.150 e. The molecular weight excluding hydrogens is 234 g/mol. The van der Waals surface area contributed by atoms with Gasteiger partial charge in [0.05, 0.1) is 16.1 Å². The predicted octanol–water partition coefficient (Wildman–Crippen LogP) is 2.58. The average Bonchev–Trinajstić information content (AvgIpc) is 2.93. The van der Waals surface area contributed by atoms with Crippen LogP contribution in [0.2, 0.25) is 0 Å². The number of thiazole rings is 1. The Bertz CT molecular complexity index is 699. The highest BCUT2D eigenvalue weighted by Crippen LogP contribution is 2.26. The molecule has 0 aliphatic carbocycles. The summed E-state index contributed by atoms with van der Waals surface area (Å²) < 4.78 is 1.90. The van der Waals surface area contributed by atoms with Gasteiger partial charge in [-0.1, -0.05) is 0 Å². The van der Waals surface area contributed by atoms with Crippen LogP contribution in [0.15, 0.2) is 30.0 Å². The molecule has 0 aliphatic heterocycles. The Balaban J connectivity index is 2.20. The molecule has 0 aromatic carbocycles. The molecule has 0 radical (unpaired) electrons. The zero-order valence-corrected chi connectivity index (χ0v) is 9.94. The van der Waals surface area contributed by atoms with Gasteiger partial charge in [0.1, 0.15) is 17.6 Å². The molecule has 0 spiro atoms. The summed E-state index contributed by atoms with van der Waals surface area (Å²) in [6, 6.07) is 3.54. The minimum Gasteiger partial charge on any atom is -0.306 e. The molecule has 0 bridgehead atoms. The molecule has 3 aromatic rings. The maximum atomic E-state index is 10.7. The molecular formula is C12H9N3OS. The first-order valence-corrected chi connectivity index (χ1v) is 6.00. The van der Waals surface area contributed by atoms with Crippen LogP contribution in [-0.2, 0) is 0 Å². The Morgan fingerprint density at radius 2 is 2.35 bits per heavy atom. The molecule has 4 nitrogen and oxygen atoms in total. The van der Waals surface area contributed by atoms with Crippen LogP contribution in [0.4, 0.5) is 0 Å². The molecule has 5 heteroatoms. The largest absolute Gasteiger partial charge is 0.306 e. The number of nitrogens with zero attached hydrogens (tertiary/aromatic N) is 3. The standard InChI is InChI=1S/C12H9N3OS/c1-8-12(17-7-13-8)10-5-15-3-2-9(6-16)4-11(15)14-10/h2-7H,1H3. The number of hydrogen-bond acceptors (Lipinski definition) is 4. The Kier molecular flexibility index (Phi) is 2.26. The fourth-order valence-corrected chi connectivity index (χ4v) is 2.49. The van der Waals surface area contributed by atoms with Crippen molar-refractivity contribution in [2.45, 2.75) is 6.92 Å². The minimum atomic E-state index is 0.635. The molecule has 0 saturated heterocycles. The third kappa shape index (κ3) is 1.64. The van der Waals surface area contributed by atoms with Crippen LogP contribution < -0.4 is 0 Å². The second-order valence-electron chi connectivity index (χ2n) is 3.74. The van der Waals surface area contributed by atoms with Gasteiger partial charge in [-0.15, -0.1) is 11.3 Å². The van der Waals surface area contributed by atoms with Gasteiger partial charge in [0.15, 0.2) is 0 Å². The lowest BCUT2D eigenvalue weighted by Crippen LogP contribution is -1.85. The molecule has 3 heterocycles. The molecule has 3 rings (SSSR count). The number of pyridine rings is 1. The highest BCUT2D eigenvalue weighted by atomic mass is 32.1. The van der Waals surface area contributed by atoms with E-state index in [2.05, 4.69) is 9.97 Å². The van der Waals surface area contributed by atoms with E-state index in [-0.39, 0.29) is 0 Å². The van der Waals surface area contributed by atoms with Crippen LogP contribution in [0.3, 0.4) is 0 Å². The number of carbonyl (C=O) groups excluding carboxylic acids is 1. The Morgan fingerprint density at radius 1 is 1.47 bits per heavy atom. The summed E-state index contributed by atoms with van der Waals surface area (Å²) >= 11 is 1.57. The average molecular weight is 243 g/mol. The topological polar surface area (TPSA) is 47.3 Å². The Labute approximate surface area is 102 Å². The van der Waals surface area contributed by atoms with Crippen molar-refractivity contribution in [3.8, 4) is 10.6 Å². The van der Waals surface area contributed by atoms with E-state index in [1.54, 1.807) is 23.5 Å². The third-order valence-electron chi connectivity index (χ3n) is 2.60. The van der Waals surface area contributed by atoms with Crippen LogP contribution >= 0.6 is 11.3 Å². The number of aromatic nitrogens is 3. The van der Waals surface area contributed by atoms with Gasteiger partial charge in [-0.05, 0) is 19.1 Å². The SMILES string of the molecule is Cc1ncsc1-c1cn2ccc(C=O)cc2n1. The second kappa shape index (κ2) is 3.78. The second-order valence-corrected chi connectivity index (χ2v) is 4.59. The lowest BCUT2D eigenvalue weighted by atomic mass is 10.3. The molecule has 84 valence electrons. The van der Waals surface area contributed by atoms with Gasteiger partial charge >= 0.3 is 0 Å². The summed E-state index contributed by atoms with van der Waals surface area (Å²) in [6.45, 7) is 1.96. The summed E-state index contributed by atoms with van der Waals surface area (Å²) in [4.78, 5) is 20.5. The fraction of sp³-hybridized carbons (Fsp3) is 0.0833. The van der Waals surface area contributed by atoms with E-state index < -0.39 is 0 Å². The molecule has 0 fully saturated rings. The highest BCUT2D eigenvalue weighted by molar-refractivity contribution is 7.13. The maximum absolute atomic E-state index is 10.7. The highest BCUT2D eigenvalue weighted by Gasteiger charge is 2.09. The van der Waals surface area contributed by atoms with Crippen molar-refractivity contribution in [1.29, 1.82) is 0 Å². The summed E-state index contributed by atoms with van der Waals surface area (Å²) in [5.74, 6) is 0. The van der Waals surface area contributed by atoms with Crippen LogP contribution in [0.1, 0.15) is 16.1 Å². The van der Waals surface area contributed by atoms with E-state index >= 15 is 0 Å². The summed E-state index contributed by atoms with van der Waals surface area (Å²) in [5, 5.41) is 0. The van der Waals surface area contributed by atoms with E-state index in [4.69, 9.17) is 0 Å². The minimum absolute atomic E-state index is 0.635. The fourth-order valence-electron chi connectivity index (χ4n) is 1.73. The van der Waals surface area contributed by atoms with Gasteiger partial charge in [0.25, 0.3) is 0 Å². The van der Waals surface area contributed by atoms with Crippen molar-refractivity contribution in [2.24, 2.45) is 0 Å². The summed E-state index contributed by atoms with van der Waals surface area (Å²) in [7, 11) is 0. The zero-order valence-electron chi connectivity index (χ0n) is 9.12. The lowest BCUT2D eigenvalue weighted by Gasteiger charge is -1.91. The van der Waals surface area contributed by atoms with Gasteiger partial charge < -0.3 is 4.40 Å². The third-order valence-corrected chi connectivity index (χ3v) is 3.55. The lowest BCUT2D eigenvalue weighted by molar-refractivity contribution is 0.112. The number of fused-ring (bicyclic) bond motifs is 1. The van der Waals surface area contributed by atoms with Crippen molar-refractivity contribution in [2.75, 3.05) is 0 Å². The molecule has 0 atom stereocenters. The molecule has 17 heavy (non-hydrogen) atoms. The Hall–Kier alpha value is -2.01. The van der Waals surface area contributed by atoms with E-state index in [9.17, 15) is 4.79 Å². The first kappa shape index (κ1) is 10.2. The molecule has 3 aromatic heterocycles. The maximum Gasteiger partial charge on any atom is 0.150 e. The number of aldehydes is 1. The number of rotatable bonds is 2. The molecule has 0 aliphatic rings. The Morgan fingerprint density at radius 3 is 3.06 bits per heavy atom. The predicted molar refractivity (Wildman–Crippen MR) is 66.4 cm³/mol. The van der Waals surface area contributed by atoms with E-state index in [1.807, 2.05) is 29.2 Å². The van der Waals surface area contributed by atoms with Gasteiger partial charge in [0, 0.05) is 18.0 Å². The van der Waals surface area contributed by atoms with Gasteiger partial charge in [-0.2, -0.15) is 0 Å². The van der Waals surface area contributed by atoms with Crippen molar-refractivity contribution >= 4 is 23.3 Å². The van der Waals surface area contributed by atoms with E-state index in [0.717, 1.165) is 28.2 Å². The van der Waals surface area contributed by atoms with Gasteiger partial charge in [-0.25, -0.2) is 9.97 Å². The molecule has 0 saturated carbocycles. The van der Waals surface area contributed by atoms with E-state index in [0.29, 0.717) is 5.56 Å². The first-order chi connectivity index (χ1) is 8.28. The van der Waals surface area contributed by atoms with Gasteiger partial charge in [-0.3, -0.25) is 4.79 Å². The number of carbonyl (C=O) groups is 1. The van der Waals surface area contributed by atoms with Crippen molar-refractivity contribution in [3.05, 3.63) is 41.3 Å². The quantitative estimate of drug-likeness (QED) is 0.650. The van der Waals surface area contributed by atoms with Crippen LogP contribution in [0.5, 0.6) is 0 Å². The zero-order chi connectivity index (χ0) is 11.8. The van der Waals surface area contributed by atoms with Crippen LogP contribution in [-0.4, -0.2) is 20.7 Å². The van der Waals surface area contributed by atoms with Crippen molar-refractivity contribution in [3.63, 3.8) is 0 Å². The molecule has 0 N–H and O–H groups in total. The van der Waals surface area contributed by atoms with Crippen LogP contribution in [0, 0.1) is 6.92 Å².